The second kappa shape index (κ2) is 15.8. The lowest BCUT2D eigenvalue weighted by atomic mass is 9.96. The number of benzene rings is 7. The molecule has 0 aliphatic rings. The molecular weight excluding hydrogens is 553 g/mol. The van der Waals surface area contributed by atoms with Crippen molar-refractivity contribution in [3.8, 4) is 11.1 Å². The van der Waals surface area contributed by atoms with Crippen LogP contribution in [0.3, 0.4) is 0 Å². The lowest BCUT2D eigenvalue weighted by molar-refractivity contribution is 1.20. The molecule has 0 aliphatic carbocycles. The predicted molar refractivity (Wildman–Crippen MR) is 199 cm³/mol. The van der Waals surface area contributed by atoms with Gasteiger partial charge in [-0.15, -0.1) is 0 Å². The third-order valence-electron chi connectivity index (χ3n) is 8.03. The van der Waals surface area contributed by atoms with Crippen LogP contribution < -0.4 is 0 Å². The lowest BCUT2D eigenvalue weighted by Crippen LogP contribution is -1.88. The Morgan fingerprint density at radius 1 is 0.413 bits per heavy atom. The van der Waals surface area contributed by atoms with E-state index in [4.69, 9.17) is 0 Å². The van der Waals surface area contributed by atoms with Crippen LogP contribution in [0, 0.1) is 0 Å². The summed E-state index contributed by atoms with van der Waals surface area (Å²) in [4.78, 5) is 0. The van der Waals surface area contributed by atoms with E-state index in [1.165, 1.54) is 55.3 Å². The number of hydrogen-bond donors (Lipinski definition) is 0. The second-order valence-electron chi connectivity index (χ2n) is 11.4. The zero-order chi connectivity index (χ0) is 31.2. The molecule has 0 saturated carbocycles. The van der Waals surface area contributed by atoms with Crippen molar-refractivity contribution in [3.63, 3.8) is 0 Å². The first-order chi connectivity index (χ1) is 22.8. The largest absolute Gasteiger partial charge is 0.0723 e. The second-order valence-corrected chi connectivity index (χ2v) is 11.4. The summed E-state index contributed by atoms with van der Waals surface area (Å²) in [6, 6.07) is 66.4. The molecule has 0 nitrogen and oxygen atoms in total. The van der Waals surface area contributed by atoms with Gasteiger partial charge in [-0.3, -0.25) is 0 Å². The standard InChI is InChI=1S/C40H32.C6H6/c1-4-10-31(11-5-1)16-21-36(35-14-8-3-9-15-35)22-17-32-18-23-37(24-19-32)39-27-26-38-25-20-34(29-40(38)30-39)28-33-12-6-2-7-13-33;1-2-4-6-5-3-1/h1-16,18-27,29-30H,17,28H2;1-6H/b21-16+,36-22+;. The highest BCUT2D eigenvalue weighted by atomic mass is 14.1. The van der Waals surface area contributed by atoms with E-state index < -0.39 is 0 Å². The first-order valence-electron chi connectivity index (χ1n) is 15.9. The van der Waals surface area contributed by atoms with Gasteiger partial charge in [0.25, 0.3) is 0 Å². The van der Waals surface area contributed by atoms with Gasteiger partial charge in [-0.05, 0) is 74.2 Å². The quantitative estimate of drug-likeness (QED) is 0.154. The van der Waals surface area contributed by atoms with Gasteiger partial charge in [-0.2, -0.15) is 0 Å². The van der Waals surface area contributed by atoms with E-state index in [9.17, 15) is 0 Å². The van der Waals surface area contributed by atoms with E-state index in [1.807, 2.05) is 36.4 Å². The van der Waals surface area contributed by atoms with E-state index in [0.29, 0.717) is 0 Å². The molecule has 0 radical (unpaired) electrons. The molecule has 0 atom stereocenters. The van der Waals surface area contributed by atoms with Gasteiger partial charge in [-0.1, -0.05) is 200 Å². The molecule has 0 saturated heterocycles. The van der Waals surface area contributed by atoms with Crippen LogP contribution in [0.25, 0.3) is 33.5 Å². The van der Waals surface area contributed by atoms with Gasteiger partial charge in [0.15, 0.2) is 0 Å². The summed E-state index contributed by atoms with van der Waals surface area (Å²) in [5.41, 5.74) is 10.1. The van der Waals surface area contributed by atoms with Gasteiger partial charge in [0, 0.05) is 0 Å². The highest BCUT2D eigenvalue weighted by Crippen LogP contribution is 2.27. The first kappa shape index (κ1) is 30.3. The highest BCUT2D eigenvalue weighted by molar-refractivity contribution is 5.88. The van der Waals surface area contributed by atoms with E-state index in [0.717, 1.165) is 12.8 Å². The van der Waals surface area contributed by atoms with Gasteiger partial charge in [0.2, 0.25) is 0 Å². The average molecular weight is 591 g/mol. The van der Waals surface area contributed by atoms with E-state index in [1.54, 1.807) is 0 Å². The molecule has 0 aromatic heterocycles. The van der Waals surface area contributed by atoms with Crippen LogP contribution >= 0.6 is 0 Å². The molecule has 0 heteroatoms. The normalized spacial score (nSPS) is 11.3. The lowest BCUT2D eigenvalue weighted by Gasteiger charge is -2.08. The van der Waals surface area contributed by atoms with Crippen molar-refractivity contribution in [1.82, 2.24) is 0 Å². The number of allylic oxidation sites excluding steroid dienone is 3. The molecular formula is C46H38. The SMILES string of the molecule is C(=C\c1ccccc1)/C(=C\Cc1ccc(-c2ccc3ccc(Cc4ccccc4)cc3c2)cc1)c1ccccc1.c1ccccc1. The molecule has 7 rings (SSSR count). The Balaban J connectivity index is 0.000000557. The summed E-state index contributed by atoms with van der Waals surface area (Å²) in [6.07, 6.45) is 8.57. The minimum Gasteiger partial charge on any atom is -0.0723 e. The topological polar surface area (TPSA) is 0 Å². The molecule has 0 aliphatic heterocycles. The number of hydrogen-bond acceptors (Lipinski definition) is 0. The maximum atomic E-state index is 2.33. The fraction of sp³-hybridized carbons (Fsp3) is 0.0435. The summed E-state index contributed by atoms with van der Waals surface area (Å²) >= 11 is 0. The van der Waals surface area contributed by atoms with E-state index >= 15 is 0 Å². The van der Waals surface area contributed by atoms with Crippen molar-refractivity contribution in [2.24, 2.45) is 0 Å². The fourth-order valence-electron chi connectivity index (χ4n) is 5.53. The van der Waals surface area contributed by atoms with Crippen molar-refractivity contribution in [1.29, 1.82) is 0 Å². The Hall–Kier alpha value is -5.72. The van der Waals surface area contributed by atoms with Crippen LogP contribution in [0.1, 0.15) is 27.8 Å². The van der Waals surface area contributed by atoms with Crippen molar-refractivity contribution in [2.75, 3.05) is 0 Å². The van der Waals surface area contributed by atoms with Crippen LogP contribution in [0.4, 0.5) is 0 Å². The molecule has 0 N–H and O–H groups in total. The summed E-state index contributed by atoms with van der Waals surface area (Å²) in [7, 11) is 0. The molecule has 0 unspecified atom stereocenters. The van der Waals surface area contributed by atoms with Crippen LogP contribution in [0.5, 0.6) is 0 Å². The van der Waals surface area contributed by atoms with Crippen molar-refractivity contribution in [3.05, 3.63) is 228 Å². The fourth-order valence-corrected chi connectivity index (χ4v) is 5.53. The van der Waals surface area contributed by atoms with Crippen LogP contribution in [0.2, 0.25) is 0 Å². The monoisotopic (exact) mass is 590 g/mol. The third-order valence-corrected chi connectivity index (χ3v) is 8.03. The predicted octanol–water partition coefficient (Wildman–Crippen LogP) is 12.1. The smallest absolute Gasteiger partial charge is 0.00256 e. The van der Waals surface area contributed by atoms with Gasteiger partial charge >= 0.3 is 0 Å². The summed E-state index contributed by atoms with van der Waals surface area (Å²) < 4.78 is 0. The van der Waals surface area contributed by atoms with E-state index in [2.05, 4.69) is 170 Å². The first-order valence-corrected chi connectivity index (χ1v) is 15.9. The molecule has 46 heavy (non-hydrogen) atoms. The van der Waals surface area contributed by atoms with Crippen molar-refractivity contribution in [2.45, 2.75) is 12.8 Å². The van der Waals surface area contributed by atoms with Crippen LogP contribution in [0.15, 0.2) is 200 Å². The molecule has 7 aromatic carbocycles. The molecule has 0 fully saturated rings. The van der Waals surface area contributed by atoms with Crippen LogP contribution in [-0.4, -0.2) is 0 Å². The molecule has 222 valence electrons. The van der Waals surface area contributed by atoms with E-state index in [-0.39, 0.29) is 0 Å². The Morgan fingerprint density at radius 2 is 0.957 bits per heavy atom. The molecule has 0 amide bonds. The Morgan fingerprint density at radius 3 is 1.63 bits per heavy atom. The molecule has 0 bridgehead atoms. The van der Waals surface area contributed by atoms with Gasteiger partial charge in [-0.25, -0.2) is 0 Å². The minimum absolute atomic E-state index is 0.879. The number of rotatable bonds is 8. The maximum Gasteiger partial charge on any atom is -0.00256 e. The zero-order valence-corrected chi connectivity index (χ0v) is 26.0. The summed E-state index contributed by atoms with van der Waals surface area (Å²) in [5, 5.41) is 2.56. The van der Waals surface area contributed by atoms with Gasteiger partial charge < -0.3 is 0 Å². The highest BCUT2D eigenvalue weighted by Gasteiger charge is 2.04. The summed E-state index contributed by atoms with van der Waals surface area (Å²) in [6.45, 7) is 0. The number of fused-ring (bicyclic) bond motifs is 1. The summed E-state index contributed by atoms with van der Waals surface area (Å²) in [5.74, 6) is 0. The average Bonchev–Trinajstić information content (AvgIpc) is 3.14. The zero-order valence-electron chi connectivity index (χ0n) is 26.0. The Kier molecular flexibility index (Phi) is 10.4. The molecule has 0 heterocycles. The Bertz CT molecular complexity index is 1960. The molecule has 7 aromatic rings. The minimum atomic E-state index is 0.879. The van der Waals surface area contributed by atoms with Crippen molar-refractivity contribution >= 4 is 22.4 Å². The maximum absolute atomic E-state index is 2.33. The Labute approximate surface area is 273 Å². The van der Waals surface area contributed by atoms with Gasteiger partial charge in [0.1, 0.15) is 0 Å². The molecule has 0 spiro atoms. The van der Waals surface area contributed by atoms with Crippen LogP contribution in [-0.2, 0) is 12.8 Å². The van der Waals surface area contributed by atoms with Gasteiger partial charge in [0.05, 0.1) is 0 Å². The third kappa shape index (κ3) is 8.68. The van der Waals surface area contributed by atoms with Crippen molar-refractivity contribution < 1.29 is 0 Å².